The zero-order valence-electron chi connectivity index (χ0n) is 11.0. The minimum atomic E-state index is -0.182. The number of aromatic nitrogens is 1. The van der Waals surface area contributed by atoms with Gasteiger partial charge in [0, 0.05) is 23.8 Å². The number of rotatable bonds is 5. The van der Waals surface area contributed by atoms with Gasteiger partial charge in [-0.25, -0.2) is 4.98 Å². The van der Waals surface area contributed by atoms with Crippen LogP contribution in [0.3, 0.4) is 0 Å². The van der Waals surface area contributed by atoms with Gasteiger partial charge in [-0.05, 0) is 39.3 Å². The maximum Gasteiger partial charge on any atom is 0.251 e. The fourth-order valence-corrected chi connectivity index (χ4v) is 1.32. The van der Waals surface area contributed by atoms with Gasteiger partial charge in [-0.3, -0.25) is 4.79 Å². The molecule has 17 heavy (non-hydrogen) atoms. The maximum absolute atomic E-state index is 12.0. The third kappa shape index (κ3) is 4.06. The van der Waals surface area contributed by atoms with Crippen LogP contribution in [-0.2, 0) is 0 Å². The summed E-state index contributed by atoms with van der Waals surface area (Å²) in [5.41, 5.74) is 0.455. The number of hydrogen-bond donors (Lipinski definition) is 2. The van der Waals surface area contributed by atoms with Crippen LogP contribution in [0.5, 0.6) is 0 Å². The monoisotopic (exact) mass is 235 g/mol. The Bertz CT molecular complexity index is 388. The molecule has 0 radical (unpaired) electrons. The summed E-state index contributed by atoms with van der Waals surface area (Å²) < 4.78 is 0. The standard InChI is InChI=1S/C13H21N3O/c1-5-13(3,4)16-12(17)10-7-8-15-11(9-10)14-6-2/h7-9H,5-6H2,1-4H3,(H,14,15)(H,16,17). The summed E-state index contributed by atoms with van der Waals surface area (Å²) in [6.07, 6.45) is 2.54. The molecule has 0 saturated heterocycles. The van der Waals surface area contributed by atoms with Crippen LogP contribution in [0.25, 0.3) is 0 Å². The lowest BCUT2D eigenvalue weighted by Gasteiger charge is -2.24. The van der Waals surface area contributed by atoms with E-state index < -0.39 is 0 Å². The second kappa shape index (κ2) is 5.66. The van der Waals surface area contributed by atoms with Crippen LogP contribution in [0.4, 0.5) is 5.82 Å². The van der Waals surface area contributed by atoms with Crippen LogP contribution in [-0.4, -0.2) is 23.0 Å². The van der Waals surface area contributed by atoms with E-state index in [1.807, 2.05) is 20.8 Å². The van der Waals surface area contributed by atoms with Crippen LogP contribution in [0, 0.1) is 0 Å². The van der Waals surface area contributed by atoms with Crippen LogP contribution in [0.1, 0.15) is 44.5 Å². The molecule has 0 atom stereocenters. The summed E-state index contributed by atoms with van der Waals surface area (Å²) in [6, 6.07) is 3.49. The van der Waals surface area contributed by atoms with Crippen molar-refractivity contribution in [2.24, 2.45) is 0 Å². The summed E-state index contributed by atoms with van der Waals surface area (Å²) in [5, 5.41) is 6.09. The molecule has 0 unspecified atom stereocenters. The molecular weight excluding hydrogens is 214 g/mol. The Morgan fingerprint density at radius 1 is 1.41 bits per heavy atom. The molecule has 0 bridgehead atoms. The van der Waals surface area contributed by atoms with Crippen molar-refractivity contribution in [2.75, 3.05) is 11.9 Å². The highest BCUT2D eigenvalue weighted by Gasteiger charge is 2.18. The van der Waals surface area contributed by atoms with E-state index in [1.165, 1.54) is 0 Å². The van der Waals surface area contributed by atoms with Gasteiger partial charge in [0.15, 0.2) is 0 Å². The summed E-state index contributed by atoms with van der Waals surface area (Å²) in [5.74, 6) is 0.674. The normalized spacial score (nSPS) is 11.1. The number of hydrogen-bond acceptors (Lipinski definition) is 3. The zero-order valence-corrected chi connectivity index (χ0v) is 11.0. The molecule has 0 fully saturated rings. The molecule has 0 saturated carbocycles. The number of anilines is 1. The lowest BCUT2D eigenvalue weighted by atomic mass is 10.0. The van der Waals surface area contributed by atoms with Gasteiger partial charge < -0.3 is 10.6 Å². The Kier molecular flexibility index (Phi) is 4.49. The highest BCUT2D eigenvalue weighted by Crippen LogP contribution is 2.11. The van der Waals surface area contributed by atoms with Crippen molar-refractivity contribution < 1.29 is 4.79 Å². The van der Waals surface area contributed by atoms with Crippen molar-refractivity contribution in [1.82, 2.24) is 10.3 Å². The number of nitrogens with one attached hydrogen (secondary N) is 2. The molecule has 4 nitrogen and oxygen atoms in total. The second-order valence-electron chi connectivity index (χ2n) is 4.65. The molecule has 2 N–H and O–H groups in total. The Balaban J connectivity index is 2.78. The van der Waals surface area contributed by atoms with E-state index in [0.717, 1.165) is 18.8 Å². The first kappa shape index (κ1) is 13.5. The van der Waals surface area contributed by atoms with Gasteiger partial charge in [-0.1, -0.05) is 6.92 Å². The Hall–Kier alpha value is -1.58. The number of carbonyl (C=O) groups is 1. The lowest BCUT2D eigenvalue weighted by molar-refractivity contribution is 0.0911. The van der Waals surface area contributed by atoms with E-state index in [2.05, 4.69) is 22.5 Å². The minimum absolute atomic E-state index is 0.0570. The van der Waals surface area contributed by atoms with Crippen LogP contribution >= 0.6 is 0 Å². The van der Waals surface area contributed by atoms with Gasteiger partial charge in [0.1, 0.15) is 5.82 Å². The van der Waals surface area contributed by atoms with Crippen molar-refractivity contribution in [2.45, 2.75) is 39.7 Å². The summed E-state index contributed by atoms with van der Waals surface area (Å²) in [4.78, 5) is 16.1. The summed E-state index contributed by atoms with van der Waals surface area (Å²) in [7, 11) is 0. The van der Waals surface area contributed by atoms with Crippen molar-refractivity contribution in [3.63, 3.8) is 0 Å². The molecule has 0 aliphatic heterocycles. The molecule has 94 valence electrons. The average Bonchev–Trinajstić information content (AvgIpc) is 2.29. The number of amides is 1. The zero-order chi connectivity index (χ0) is 12.9. The van der Waals surface area contributed by atoms with Gasteiger partial charge in [0.2, 0.25) is 0 Å². The van der Waals surface area contributed by atoms with E-state index in [-0.39, 0.29) is 11.4 Å². The largest absolute Gasteiger partial charge is 0.370 e. The van der Waals surface area contributed by atoms with Crippen molar-refractivity contribution in [1.29, 1.82) is 0 Å². The smallest absolute Gasteiger partial charge is 0.251 e. The average molecular weight is 235 g/mol. The highest BCUT2D eigenvalue weighted by atomic mass is 16.1. The third-order valence-electron chi connectivity index (χ3n) is 2.72. The third-order valence-corrected chi connectivity index (χ3v) is 2.72. The van der Waals surface area contributed by atoms with E-state index >= 15 is 0 Å². The van der Waals surface area contributed by atoms with E-state index in [1.54, 1.807) is 18.3 Å². The molecule has 1 aromatic rings. The Morgan fingerprint density at radius 3 is 2.71 bits per heavy atom. The highest BCUT2D eigenvalue weighted by molar-refractivity contribution is 5.95. The minimum Gasteiger partial charge on any atom is -0.370 e. The molecule has 1 aromatic heterocycles. The van der Waals surface area contributed by atoms with Crippen LogP contribution < -0.4 is 10.6 Å². The molecule has 0 spiro atoms. The predicted octanol–water partition coefficient (Wildman–Crippen LogP) is 2.43. The lowest BCUT2D eigenvalue weighted by Crippen LogP contribution is -2.42. The van der Waals surface area contributed by atoms with Crippen LogP contribution in [0.15, 0.2) is 18.3 Å². The molecule has 0 aromatic carbocycles. The molecule has 1 amide bonds. The topological polar surface area (TPSA) is 54.0 Å². The first-order valence-electron chi connectivity index (χ1n) is 6.01. The number of carbonyl (C=O) groups excluding carboxylic acids is 1. The fraction of sp³-hybridized carbons (Fsp3) is 0.538. The molecule has 4 heteroatoms. The second-order valence-corrected chi connectivity index (χ2v) is 4.65. The van der Waals surface area contributed by atoms with E-state index in [9.17, 15) is 4.79 Å². The Labute approximate surface area is 103 Å². The molecular formula is C13H21N3O. The van der Waals surface area contributed by atoms with Crippen molar-refractivity contribution in [3.8, 4) is 0 Å². The van der Waals surface area contributed by atoms with Crippen molar-refractivity contribution >= 4 is 11.7 Å². The molecule has 1 rings (SSSR count). The van der Waals surface area contributed by atoms with Crippen LogP contribution in [0.2, 0.25) is 0 Å². The number of nitrogens with zero attached hydrogens (tertiary/aromatic N) is 1. The SMILES string of the molecule is CCNc1cc(C(=O)NC(C)(C)CC)ccn1. The van der Waals surface area contributed by atoms with Gasteiger partial charge >= 0.3 is 0 Å². The van der Waals surface area contributed by atoms with Gasteiger partial charge in [0.05, 0.1) is 0 Å². The fourth-order valence-electron chi connectivity index (χ4n) is 1.32. The number of pyridine rings is 1. The predicted molar refractivity (Wildman–Crippen MR) is 70.2 cm³/mol. The quantitative estimate of drug-likeness (QED) is 0.824. The van der Waals surface area contributed by atoms with Gasteiger partial charge in [-0.15, -0.1) is 0 Å². The maximum atomic E-state index is 12.0. The first-order valence-corrected chi connectivity index (χ1v) is 6.01. The van der Waals surface area contributed by atoms with E-state index in [4.69, 9.17) is 0 Å². The molecule has 0 aliphatic carbocycles. The Morgan fingerprint density at radius 2 is 2.12 bits per heavy atom. The van der Waals surface area contributed by atoms with Crippen molar-refractivity contribution in [3.05, 3.63) is 23.9 Å². The summed E-state index contributed by atoms with van der Waals surface area (Å²) >= 11 is 0. The molecule has 1 heterocycles. The summed E-state index contributed by atoms with van der Waals surface area (Å²) in [6.45, 7) is 8.86. The van der Waals surface area contributed by atoms with Gasteiger partial charge in [-0.2, -0.15) is 0 Å². The first-order chi connectivity index (χ1) is 7.98. The van der Waals surface area contributed by atoms with E-state index in [0.29, 0.717) is 5.56 Å². The van der Waals surface area contributed by atoms with Gasteiger partial charge in [0.25, 0.3) is 5.91 Å². The molecule has 0 aliphatic rings.